The summed E-state index contributed by atoms with van der Waals surface area (Å²) in [6.45, 7) is 0.963. The van der Waals surface area contributed by atoms with Crippen LogP contribution in [0.4, 0.5) is 4.79 Å². The summed E-state index contributed by atoms with van der Waals surface area (Å²) in [5.41, 5.74) is 2.17. The van der Waals surface area contributed by atoms with Gasteiger partial charge in [-0.15, -0.1) is 0 Å². The predicted molar refractivity (Wildman–Crippen MR) is 109 cm³/mol. The lowest BCUT2D eigenvalue weighted by Crippen LogP contribution is -2.50. The molecule has 2 aliphatic rings. The van der Waals surface area contributed by atoms with Crippen molar-refractivity contribution in [2.75, 3.05) is 7.11 Å². The molecule has 156 valence electrons. The number of methoxy groups -OCH3 is 1. The van der Waals surface area contributed by atoms with Gasteiger partial charge in [0.1, 0.15) is 5.52 Å². The van der Waals surface area contributed by atoms with E-state index in [1.165, 1.54) is 31.8 Å². The number of carbonyl (C=O) groups excluding carboxylic acids is 1. The van der Waals surface area contributed by atoms with Crippen LogP contribution in [-0.4, -0.2) is 46.2 Å². The fourth-order valence-electron chi connectivity index (χ4n) is 4.69. The number of hydrogen-bond donors (Lipinski definition) is 1. The van der Waals surface area contributed by atoms with Gasteiger partial charge in [-0.25, -0.2) is 9.78 Å². The van der Waals surface area contributed by atoms with Gasteiger partial charge in [-0.3, -0.25) is 4.90 Å². The Balaban J connectivity index is 1.22. The van der Waals surface area contributed by atoms with Crippen molar-refractivity contribution in [1.82, 2.24) is 20.2 Å². The molecule has 2 unspecified atom stereocenters. The lowest BCUT2D eigenvalue weighted by atomic mass is 9.96. The highest BCUT2D eigenvalue weighted by atomic mass is 16.6. The zero-order chi connectivity index (χ0) is 20.5. The molecule has 1 amide bonds. The van der Waals surface area contributed by atoms with E-state index < -0.39 is 6.09 Å². The minimum absolute atomic E-state index is 0.0355. The molecule has 2 saturated heterocycles. The van der Waals surface area contributed by atoms with Gasteiger partial charge in [0.15, 0.2) is 0 Å². The van der Waals surface area contributed by atoms with Gasteiger partial charge in [0.25, 0.3) is 11.8 Å². The van der Waals surface area contributed by atoms with Crippen LogP contribution in [0.1, 0.15) is 31.2 Å². The molecule has 0 spiro atoms. The number of rotatable bonds is 5. The Bertz CT molecular complexity index is 1020. The molecule has 8 heteroatoms. The summed E-state index contributed by atoms with van der Waals surface area (Å²) in [4.78, 5) is 23.6. The zero-order valence-corrected chi connectivity index (χ0v) is 16.8. The summed E-state index contributed by atoms with van der Waals surface area (Å²) in [6, 6.07) is 13.3. The number of carbonyl (C=O) groups is 1. The van der Waals surface area contributed by atoms with Gasteiger partial charge < -0.3 is 19.2 Å². The van der Waals surface area contributed by atoms with Crippen LogP contribution in [0.2, 0.25) is 0 Å². The summed E-state index contributed by atoms with van der Waals surface area (Å²) >= 11 is 0. The number of benzene rings is 1. The molecule has 1 aromatic carbocycles. The second-order valence-corrected chi connectivity index (χ2v) is 7.89. The largest absolute Gasteiger partial charge is 0.477 e. The number of piperidine rings is 1. The molecule has 3 aromatic rings. The number of amides is 1. The maximum atomic E-state index is 12.5. The first-order chi connectivity index (χ1) is 14.7. The molecule has 1 N–H and O–H groups in total. The molecule has 5 rings (SSSR count). The summed E-state index contributed by atoms with van der Waals surface area (Å²) < 4.78 is 15.8. The number of aromatic nitrogens is 2. The Morgan fingerprint density at radius 3 is 2.63 bits per heavy atom. The van der Waals surface area contributed by atoms with Crippen molar-refractivity contribution in [3.8, 4) is 11.8 Å². The third-order valence-electron chi connectivity index (χ3n) is 6.03. The van der Waals surface area contributed by atoms with E-state index in [0.717, 1.165) is 19.4 Å². The maximum absolute atomic E-state index is 12.5. The van der Waals surface area contributed by atoms with Crippen molar-refractivity contribution in [2.45, 2.75) is 50.4 Å². The van der Waals surface area contributed by atoms with Crippen molar-refractivity contribution >= 4 is 17.3 Å². The number of fused-ring (bicyclic) bond motifs is 3. The lowest BCUT2D eigenvalue weighted by Gasteiger charge is -2.39. The maximum Gasteiger partial charge on any atom is 0.414 e. The van der Waals surface area contributed by atoms with E-state index in [2.05, 4.69) is 44.5 Å². The normalized spacial score (nSPS) is 23.4. The van der Waals surface area contributed by atoms with Crippen LogP contribution < -0.4 is 14.8 Å². The monoisotopic (exact) mass is 408 g/mol. The van der Waals surface area contributed by atoms with Crippen molar-refractivity contribution in [3.05, 3.63) is 48.2 Å². The quantitative estimate of drug-likeness (QED) is 0.691. The number of nitrogens with zero attached hydrogens (tertiary/aromatic N) is 3. The van der Waals surface area contributed by atoms with Crippen LogP contribution >= 0.6 is 0 Å². The second kappa shape index (κ2) is 7.95. The smallest absolute Gasteiger partial charge is 0.414 e. The second-order valence-electron chi connectivity index (χ2n) is 7.89. The molecule has 2 aliphatic heterocycles. The standard InChI is InChI=1S/C22H24N4O4/c1-28-20-21(24-18-9-10-29-19(18)25-20)30-22(27)23-15-11-16-7-8-17(12-15)26(16)13-14-5-3-2-4-6-14/h2-6,9-10,15-17H,7-8,11-13H2,1H3,(H,23,27). The van der Waals surface area contributed by atoms with Crippen molar-refractivity contribution < 1.29 is 18.7 Å². The third kappa shape index (κ3) is 3.70. The number of nitrogens with one attached hydrogen (secondary N) is 1. The summed E-state index contributed by atoms with van der Waals surface area (Å²) in [6.07, 6.45) is 5.12. The number of hydrogen-bond acceptors (Lipinski definition) is 7. The Kier molecular flexibility index (Phi) is 5.00. The predicted octanol–water partition coefficient (Wildman–Crippen LogP) is 3.52. The molecule has 4 heterocycles. The Morgan fingerprint density at radius 1 is 1.13 bits per heavy atom. The van der Waals surface area contributed by atoms with Crippen LogP contribution in [0, 0.1) is 0 Å². The highest BCUT2D eigenvalue weighted by molar-refractivity contribution is 5.74. The average molecular weight is 408 g/mol. The Morgan fingerprint density at radius 2 is 1.90 bits per heavy atom. The molecule has 2 fully saturated rings. The molecule has 30 heavy (non-hydrogen) atoms. The zero-order valence-electron chi connectivity index (χ0n) is 16.8. The van der Waals surface area contributed by atoms with E-state index in [-0.39, 0.29) is 17.8 Å². The van der Waals surface area contributed by atoms with Crippen LogP contribution in [0.15, 0.2) is 47.1 Å². The van der Waals surface area contributed by atoms with E-state index in [1.807, 2.05) is 6.07 Å². The topological polar surface area (TPSA) is 89.7 Å². The van der Waals surface area contributed by atoms with Gasteiger partial charge in [0.05, 0.1) is 13.4 Å². The summed E-state index contributed by atoms with van der Waals surface area (Å²) in [5.74, 6) is 0.152. The highest BCUT2D eigenvalue weighted by Gasteiger charge is 2.41. The minimum Gasteiger partial charge on any atom is -0.477 e. The molecular formula is C22H24N4O4. The molecule has 8 nitrogen and oxygen atoms in total. The SMILES string of the molecule is COc1nc2occc2nc1OC(=O)NC1CC2CCC(C1)N2Cc1ccccc1. The number of furan rings is 1. The fourth-order valence-corrected chi connectivity index (χ4v) is 4.69. The molecule has 0 saturated carbocycles. The van der Waals surface area contributed by atoms with Crippen molar-refractivity contribution in [2.24, 2.45) is 0 Å². The van der Waals surface area contributed by atoms with E-state index in [0.29, 0.717) is 23.3 Å². The van der Waals surface area contributed by atoms with Gasteiger partial charge in [-0.05, 0) is 31.2 Å². The Labute approximate surface area is 174 Å². The van der Waals surface area contributed by atoms with E-state index in [4.69, 9.17) is 13.9 Å². The van der Waals surface area contributed by atoms with Gasteiger partial charge >= 0.3 is 6.09 Å². The molecule has 0 aliphatic carbocycles. The summed E-state index contributed by atoms with van der Waals surface area (Å²) in [7, 11) is 1.45. The molecule has 2 bridgehead atoms. The van der Waals surface area contributed by atoms with Crippen LogP contribution in [0.5, 0.6) is 11.8 Å². The Hall–Kier alpha value is -3.13. The molecule has 2 atom stereocenters. The average Bonchev–Trinajstić information content (AvgIpc) is 3.29. The van der Waals surface area contributed by atoms with Gasteiger partial charge in [0.2, 0.25) is 5.71 Å². The lowest BCUT2D eigenvalue weighted by molar-refractivity contribution is 0.107. The highest BCUT2D eigenvalue weighted by Crippen LogP contribution is 2.37. The minimum atomic E-state index is -0.536. The molecular weight excluding hydrogens is 384 g/mol. The summed E-state index contributed by atoms with van der Waals surface area (Å²) in [5, 5.41) is 3.01. The van der Waals surface area contributed by atoms with E-state index >= 15 is 0 Å². The van der Waals surface area contributed by atoms with E-state index in [1.54, 1.807) is 6.07 Å². The van der Waals surface area contributed by atoms with Gasteiger partial charge in [0, 0.05) is 30.7 Å². The molecule has 0 radical (unpaired) electrons. The van der Waals surface area contributed by atoms with Crippen LogP contribution in [0.3, 0.4) is 0 Å². The van der Waals surface area contributed by atoms with Crippen molar-refractivity contribution in [1.29, 1.82) is 0 Å². The van der Waals surface area contributed by atoms with Crippen LogP contribution in [-0.2, 0) is 6.54 Å². The first-order valence-electron chi connectivity index (χ1n) is 10.3. The van der Waals surface area contributed by atoms with Crippen LogP contribution in [0.25, 0.3) is 11.2 Å². The van der Waals surface area contributed by atoms with Crippen molar-refractivity contribution in [3.63, 3.8) is 0 Å². The molecule has 2 aromatic heterocycles. The fraction of sp³-hybridized carbons (Fsp3) is 0.409. The third-order valence-corrected chi connectivity index (χ3v) is 6.03. The van der Waals surface area contributed by atoms with E-state index in [9.17, 15) is 4.79 Å². The number of ether oxygens (including phenoxy) is 2. The van der Waals surface area contributed by atoms with Gasteiger partial charge in [-0.1, -0.05) is 30.3 Å². The first-order valence-corrected chi connectivity index (χ1v) is 10.3. The first kappa shape index (κ1) is 18.9. The van der Waals surface area contributed by atoms with Gasteiger partial charge in [-0.2, -0.15) is 4.98 Å².